The summed E-state index contributed by atoms with van der Waals surface area (Å²) in [6.45, 7) is 4.88. The number of hydrogen-bond acceptors (Lipinski definition) is 3. The Balaban J connectivity index is 1.43. The second-order valence-electron chi connectivity index (χ2n) is 7.43. The first-order chi connectivity index (χ1) is 14.2. The molecule has 0 saturated carbocycles. The molecule has 2 aromatic carbocycles. The molecule has 0 radical (unpaired) electrons. The van der Waals surface area contributed by atoms with E-state index in [4.69, 9.17) is 4.74 Å². The van der Waals surface area contributed by atoms with Gasteiger partial charge in [0.05, 0.1) is 6.61 Å². The van der Waals surface area contributed by atoms with E-state index < -0.39 is 0 Å². The normalized spacial score (nSPS) is 13.6. The molecule has 1 aliphatic heterocycles. The zero-order valence-corrected chi connectivity index (χ0v) is 17.2. The molecule has 5 nitrogen and oxygen atoms in total. The molecule has 0 aliphatic carbocycles. The minimum absolute atomic E-state index is 0.0654. The van der Waals surface area contributed by atoms with Gasteiger partial charge in [0.1, 0.15) is 5.75 Å². The standard InChI is InChI=1S/C24H30N2O3/c1-2-17-29-22-9-4-3-7-20(22)8-5-15-25-24(28)21-13-11-19(12-14-21)18-26-16-6-10-23(26)27/h3-4,7,9,11-14H,2,5-6,8,10,15-18H2,1H3,(H,25,28). The predicted octanol–water partition coefficient (Wildman–Crippen LogP) is 3.96. The van der Waals surface area contributed by atoms with Crippen LogP contribution in [0.3, 0.4) is 0 Å². The second-order valence-corrected chi connectivity index (χ2v) is 7.43. The molecule has 2 aromatic rings. The number of amides is 2. The topological polar surface area (TPSA) is 58.6 Å². The minimum Gasteiger partial charge on any atom is -0.493 e. The van der Waals surface area contributed by atoms with Crippen molar-refractivity contribution in [1.82, 2.24) is 10.2 Å². The Morgan fingerprint density at radius 3 is 2.66 bits per heavy atom. The van der Waals surface area contributed by atoms with Gasteiger partial charge in [-0.2, -0.15) is 0 Å². The van der Waals surface area contributed by atoms with Crippen LogP contribution in [0.15, 0.2) is 48.5 Å². The SMILES string of the molecule is CCCOc1ccccc1CCCNC(=O)c1ccc(CN2CCCC2=O)cc1. The highest BCUT2D eigenvalue weighted by atomic mass is 16.5. The Morgan fingerprint density at radius 1 is 1.14 bits per heavy atom. The number of likely N-dealkylation sites (tertiary alicyclic amines) is 1. The molecule has 0 spiro atoms. The molecular formula is C24H30N2O3. The summed E-state index contributed by atoms with van der Waals surface area (Å²) in [6.07, 6.45) is 4.29. The lowest BCUT2D eigenvalue weighted by Gasteiger charge is -2.15. The number of benzene rings is 2. The van der Waals surface area contributed by atoms with Gasteiger partial charge in [0.2, 0.25) is 5.91 Å². The second kappa shape index (κ2) is 10.6. The average Bonchev–Trinajstić information content (AvgIpc) is 3.15. The van der Waals surface area contributed by atoms with Crippen molar-refractivity contribution in [3.05, 3.63) is 65.2 Å². The summed E-state index contributed by atoms with van der Waals surface area (Å²) in [5.74, 6) is 1.09. The van der Waals surface area contributed by atoms with Crippen LogP contribution >= 0.6 is 0 Å². The lowest BCUT2D eigenvalue weighted by atomic mass is 10.1. The Bertz CT molecular complexity index is 817. The minimum atomic E-state index is -0.0654. The van der Waals surface area contributed by atoms with E-state index in [-0.39, 0.29) is 11.8 Å². The van der Waals surface area contributed by atoms with Gasteiger partial charge in [0.15, 0.2) is 0 Å². The van der Waals surface area contributed by atoms with Crippen LogP contribution in [0, 0.1) is 0 Å². The number of ether oxygens (including phenoxy) is 1. The Kier molecular flexibility index (Phi) is 7.68. The monoisotopic (exact) mass is 394 g/mol. The van der Waals surface area contributed by atoms with Crippen molar-refractivity contribution in [3.63, 3.8) is 0 Å². The van der Waals surface area contributed by atoms with E-state index in [2.05, 4.69) is 18.3 Å². The number of rotatable bonds is 10. The van der Waals surface area contributed by atoms with E-state index >= 15 is 0 Å². The molecule has 0 bridgehead atoms. The summed E-state index contributed by atoms with van der Waals surface area (Å²) in [7, 11) is 0. The van der Waals surface area contributed by atoms with Gasteiger partial charge in [0.25, 0.3) is 5.91 Å². The zero-order chi connectivity index (χ0) is 20.5. The van der Waals surface area contributed by atoms with Crippen LogP contribution in [0.4, 0.5) is 0 Å². The summed E-state index contributed by atoms with van der Waals surface area (Å²) in [5.41, 5.74) is 2.88. The maximum atomic E-state index is 12.4. The number of nitrogens with one attached hydrogen (secondary N) is 1. The quantitative estimate of drug-likeness (QED) is 0.621. The lowest BCUT2D eigenvalue weighted by molar-refractivity contribution is -0.128. The third-order valence-electron chi connectivity index (χ3n) is 5.10. The zero-order valence-electron chi connectivity index (χ0n) is 17.2. The van der Waals surface area contributed by atoms with Crippen molar-refractivity contribution in [2.75, 3.05) is 19.7 Å². The van der Waals surface area contributed by atoms with Crippen molar-refractivity contribution in [3.8, 4) is 5.75 Å². The Morgan fingerprint density at radius 2 is 1.93 bits per heavy atom. The highest BCUT2D eigenvalue weighted by molar-refractivity contribution is 5.94. The Hall–Kier alpha value is -2.82. The van der Waals surface area contributed by atoms with Crippen molar-refractivity contribution in [2.45, 2.75) is 45.6 Å². The molecule has 0 unspecified atom stereocenters. The highest BCUT2D eigenvalue weighted by Gasteiger charge is 2.19. The molecule has 2 amide bonds. The van der Waals surface area contributed by atoms with Gasteiger partial charge < -0.3 is 15.0 Å². The van der Waals surface area contributed by atoms with E-state index in [1.807, 2.05) is 47.4 Å². The summed E-state index contributed by atoms with van der Waals surface area (Å²) < 4.78 is 5.79. The maximum absolute atomic E-state index is 12.4. The third kappa shape index (κ3) is 6.08. The van der Waals surface area contributed by atoms with E-state index in [9.17, 15) is 9.59 Å². The summed E-state index contributed by atoms with van der Waals surface area (Å²) in [6, 6.07) is 15.6. The van der Waals surface area contributed by atoms with Crippen molar-refractivity contribution in [1.29, 1.82) is 0 Å². The number of carbonyl (C=O) groups excluding carboxylic acids is 2. The molecule has 3 rings (SSSR count). The number of para-hydroxylation sites is 1. The van der Waals surface area contributed by atoms with E-state index in [1.165, 1.54) is 5.56 Å². The number of nitrogens with zero attached hydrogens (tertiary/aromatic N) is 1. The first-order valence-corrected chi connectivity index (χ1v) is 10.5. The van der Waals surface area contributed by atoms with E-state index in [1.54, 1.807) is 0 Å². The van der Waals surface area contributed by atoms with Gasteiger partial charge in [-0.1, -0.05) is 37.3 Å². The van der Waals surface area contributed by atoms with Gasteiger partial charge >= 0.3 is 0 Å². The maximum Gasteiger partial charge on any atom is 0.251 e. The fourth-order valence-corrected chi connectivity index (χ4v) is 3.50. The molecule has 1 heterocycles. The van der Waals surface area contributed by atoms with Gasteiger partial charge in [0, 0.05) is 31.6 Å². The fraction of sp³-hybridized carbons (Fsp3) is 0.417. The van der Waals surface area contributed by atoms with Crippen LogP contribution in [-0.2, 0) is 17.8 Å². The third-order valence-corrected chi connectivity index (χ3v) is 5.10. The van der Waals surface area contributed by atoms with Crippen LogP contribution in [0.2, 0.25) is 0 Å². The summed E-state index contributed by atoms with van der Waals surface area (Å²) >= 11 is 0. The number of carbonyl (C=O) groups is 2. The smallest absolute Gasteiger partial charge is 0.251 e. The first-order valence-electron chi connectivity index (χ1n) is 10.5. The van der Waals surface area contributed by atoms with Crippen LogP contribution in [0.1, 0.15) is 54.1 Å². The molecule has 1 aliphatic rings. The number of aryl methyl sites for hydroxylation is 1. The predicted molar refractivity (Wildman–Crippen MR) is 114 cm³/mol. The Labute approximate surface area is 173 Å². The fourth-order valence-electron chi connectivity index (χ4n) is 3.50. The van der Waals surface area contributed by atoms with Crippen LogP contribution < -0.4 is 10.1 Å². The molecule has 5 heteroatoms. The van der Waals surface area contributed by atoms with Crippen molar-refractivity contribution >= 4 is 11.8 Å². The molecule has 29 heavy (non-hydrogen) atoms. The van der Waals surface area contributed by atoms with Crippen LogP contribution in [-0.4, -0.2) is 36.4 Å². The molecular weight excluding hydrogens is 364 g/mol. The van der Waals surface area contributed by atoms with E-state index in [0.29, 0.717) is 25.1 Å². The molecule has 0 aromatic heterocycles. The molecule has 1 N–H and O–H groups in total. The van der Waals surface area contributed by atoms with Crippen LogP contribution in [0.25, 0.3) is 0 Å². The largest absolute Gasteiger partial charge is 0.493 e. The highest BCUT2D eigenvalue weighted by Crippen LogP contribution is 2.19. The van der Waals surface area contributed by atoms with Gasteiger partial charge in [-0.15, -0.1) is 0 Å². The van der Waals surface area contributed by atoms with Crippen molar-refractivity contribution < 1.29 is 14.3 Å². The molecule has 0 atom stereocenters. The van der Waals surface area contributed by atoms with Gasteiger partial charge in [-0.05, 0) is 55.0 Å². The van der Waals surface area contributed by atoms with Crippen molar-refractivity contribution in [2.24, 2.45) is 0 Å². The molecule has 154 valence electrons. The molecule has 1 fully saturated rings. The first kappa shape index (κ1) is 20.9. The summed E-state index contributed by atoms with van der Waals surface area (Å²) in [5, 5.41) is 2.99. The molecule has 1 saturated heterocycles. The van der Waals surface area contributed by atoms with E-state index in [0.717, 1.165) is 50.1 Å². The summed E-state index contributed by atoms with van der Waals surface area (Å²) in [4.78, 5) is 26.0. The lowest BCUT2D eigenvalue weighted by Crippen LogP contribution is -2.25. The average molecular weight is 395 g/mol. The number of hydrogen-bond donors (Lipinski definition) is 1. The van der Waals surface area contributed by atoms with Gasteiger partial charge in [-0.3, -0.25) is 9.59 Å². The van der Waals surface area contributed by atoms with Gasteiger partial charge in [-0.25, -0.2) is 0 Å². The van der Waals surface area contributed by atoms with Crippen LogP contribution in [0.5, 0.6) is 5.75 Å².